The molecule has 0 bridgehead atoms. The van der Waals surface area contributed by atoms with Crippen LogP contribution >= 0.6 is 0 Å². The molecule has 0 aliphatic heterocycles. The maximum atomic E-state index is 12.4. The number of carbonyl (C=O) groups excluding carboxylic acids is 1. The molecule has 0 atom stereocenters. The number of carbonyl (C=O) groups is 1. The van der Waals surface area contributed by atoms with Crippen LogP contribution in [0.5, 0.6) is 5.75 Å². The summed E-state index contributed by atoms with van der Waals surface area (Å²) >= 11 is 0. The molecule has 23 heavy (non-hydrogen) atoms. The van der Waals surface area contributed by atoms with Gasteiger partial charge < -0.3 is 18.8 Å². The van der Waals surface area contributed by atoms with Gasteiger partial charge in [-0.15, -0.1) is 0 Å². The summed E-state index contributed by atoms with van der Waals surface area (Å²) in [6.45, 7) is 1.04. The maximum absolute atomic E-state index is 12.4. The lowest BCUT2D eigenvalue weighted by molar-refractivity contribution is -0.134. The average molecular weight is 314 g/mol. The second-order valence-corrected chi connectivity index (χ2v) is 4.78. The predicted molar refractivity (Wildman–Crippen MR) is 82.7 cm³/mol. The Labute approximate surface area is 134 Å². The van der Waals surface area contributed by atoms with Crippen molar-refractivity contribution in [1.29, 1.82) is 5.26 Å². The molecule has 1 amide bonds. The minimum Gasteiger partial charge on any atom is -0.482 e. The van der Waals surface area contributed by atoms with Crippen molar-refractivity contribution in [2.45, 2.75) is 6.54 Å². The number of nitriles is 1. The molecule has 0 aliphatic carbocycles. The normalized spacial score (nSPS) is 10.1. The predicted octanol–water partition coefficient (Wildman–Crippen LogP) is 2.21. The van der Waals surface area contributed by atoms with Crippen LogP contribution < -0.4 is 4.74 Å². The monoisotopic (exact) mass is 314 g/mol. The van der Waals surface area contributed by atoms with E-state index in [2.05, 4.69) is 0 Å². The maximum Gasteiger partial charge on any atom is 0.260 e. The fraction of sp³-hybridized carbons (Fsp3) is 0.294. The number of ether oxygens (including phenoxy) is 2. The Bertz CT molecular complexity index is 661. The minimum atomic E-state index is -0.203. The van der Waals surface area contributed by atoms with E-state index in [9.17, 15) is 4.79 Å². The van der Waals surface area contributed by atoms with Gasteiger partial charge in [0.25, 0.3) is 5.91 Å². The van der Waals surface area contributed by atoms with Gasteiger partial charge in [0, 0.05) is 13.7 Å². The summed E-state index contributed by atoms with van der Waals surface area (Å²) in [5.74, 6) is 0.881. The lowest BCUT2D eigenvalue weighted by Crippen LogP contribution is -2.36. The van der Waals surface area contributed by atoms with Gasteiger partial charge in [0.15, 0.2) is 6.61 Å². The van der Waals surface area contributed by atoms with Crippen LogP contribution in [0.1, 0.15) is 11.3 Å². The summed E-state index contributed by atoms with van der Waals surface area (Å²) in [5.41, 5.74) is 0.398. The Morgan fingerprint density at radius 1 is 1.30 bits per heavy atom. The lowest BCUT2D eigenvalue weighted by atomic mass is 10.2. The molecule has 0 radical (unpaired) electrons. The number of amides is 1. The van der Waals surface area contributed by atoms with Gasteiger partial charge in [-0.1, -0.05) is 12.1 Å². The number of methoxy groups -OCH3 is 1. The number of hydrogen-bond acceptors (Lipinski definition) is 5. The molecular weight excluding hydrogens is 296 g/mol. The Hall–Kier alpha value is -2.78. The molecule has 6 nitrogen and oxygen atoms in total. The van der Waals surface area contributed by atoms with E-state index in [0.29, 0.717) is 36.8 Å². The van der Waals surface area contributed by atoms with Gasteiger partial charge >= 0.3 is 0 Å². The molecule has 0 aliphatic rings. The van der Waals surface area contributed by atoms with Gasteiger partial charge in [0.05, 0.1) is 25.0 Å². The van der Waals surface area contributed by atoms with Crippen molar-refractivity contribution in [2.24, 2.45) is 0 Å². The molecule has 6 heteroatoms. The SMILES string of the molecule is COCCN(Cc1ccco1)C(=O)COc1ccccc1C#N. The first kappa shape index (κ1) is 16.6. The van der Waals surface area contributed by atoms with E-state index in [1.54, 1.807) is 54.7 Å². The van der Waals surface area contributed by atoms with E-state index in [0.717, 1.165) is 0 Å². The van der Waals surface area contributed by atoms with Crippen LogP contribution in [0.2, 0.25) is 0 Å². The van der Waals surface area contributed by atoms with Crippen LogP contribution in [0.4, 0.5) is 0 Å². The van der Waals surface area contributed by atoms with Gasteiger partial charge in [0.1, 0.15) is 17.6 Å². The van der Waals surface area contributed by atoms with Crippen LogP contribution in [0, 0.1) is 11.3 Å². The fourth-order valence-corrected chi connectivity index (χ4v) is 2.00. The van der Waals surface area contributed by atoms with Crippen molar-refractivity contribution >= 4 is 5.91 Å². The molecule has 0 saturated carbocycles. The average Bonchev–Trinajstić information content (AvgIpc) is 3.09. The van der Waals surface area contributed by atoms with Crippen LogP contribution in [-0.2, 0) is 16.1 Å². The highest BCUT2D eigenvalue weighted by Gasteiger charge is 2.16. The topological polar surface area (TPSA) is 75.7 Å². The molecule has 0 saturated heterocycles. The Morgan fingerprint density at radius 2 is 2.13 bits per heavy atom. The highest BCUT2D eigenvalue weighted by atomic mass is 16.5. The van der Waals surface area contributed by atoms with Crippen LogP contribution in [0.25, 0.3) is 0 Å². The van der Waals surface area contributed by atoms with Crippen LogP contribution in [0.3, 0.4) is 0 Å². The van der Waals surface area contributed by atoms with Crippen molar-refractivity contribution in [3.8, 4) is 11.8 Å². The Kier molecular flexibility index (Phi) is 6.21. The van der Waals surface area contributed by atoms with Gasteiger partial charge in [0.2, 0.25) is 0 Å². The summed E-state index contributed by atoms with van der Waals surface area (Å²) in [7, 11) is 1.58. The molecule has 0 spiro atoms. The van der Waals surface area contributed by atoms with Gasteiger partial charge in [-0.3, -0.25) is 4.79 Å². The summed E-state index contributed by atoms with van der Waals surface area (Å²) in [5, 5.41) is 9.03. The number of rotatable bonds is 8. The second-order valence-electron chi connectivity index (χ2n) is 4.78. The van der Waals surface area contributed by atoms with Crippen LogP contribution in [0.15, 0.2) is 47.1 Å². The second kappa shape index (κ2) is 8.61. The van der Waals surface area contributed by atoms with Crippen molar-refractivity contribution in [1.82, 2.24) is 4.90 Å². The molecule has 2 rings (SSSR count). The zero-order valence-electron chi connectivity index (χ0n) is 12.9. The largest absolute Gasteiger partial charge is 0.482 e. The molecule has 0 N–H and O–H groups in total. The van der Waals surface area contributed by atoms with E-state index >= 15 is 0 Å². The fourth-order valence-electron chi connectivity index (χ4n) is 2.00. The van der Waals surface area contributed by atoms with Crippen molar-refractivity contribution in [3.05, 3.63) is 54.0 Å². The number of para-hydroxylation sites is 1. The standard InChI is InChI=1S/C17H18N2O4/c1-21-10-8-19(12-15-6-4-9-22-15)17(20)13-23-16-7-3-2-5-14(16)11-18/h2-7,9H,8,10,12-13H2,1H3. The highest BCUT2D eigenvalue weighted by molar-refractivity contribution is 5.77. The number of furan rings is 1. The zero-order valence-corrected chi connectivity index (χ0v) is 12.9. The first-order chi connectivity index (χ1) is 11.2. The molecule has 0 fully saturated rings. The summed E-state index contributed by atoms with van der Waals surface area (Å²) < 4.78 is 15.8. The summed E-state index contributed by atoms with van der Waals surface area (Å²) in [6, 6.07) is 12.4. The van der Waals surface area contributed by atoms with Gasteiger partial charge in [-0.25, -0.2) is 0 Å². The quantitative estimate of drug-likeness (QED) is 0.746. The summed E-state index contributed by atoms with van der Waals surface area (Å²) in [6.07, 6.45) is 1.56. The van der Waals surface area contributed by atoms with Crippen molar-refractivity contribution in [2.75, 3.05) is 26.9 Å². The molecular formula is C17H18N2O4. The molecule has 1 aromatic heterocycles. The van der Waals surface area contributed by atoms with E-state index in [1.807, 2.05) is 6.07 Å². The summed E-state index contributed by atoms with van der Waals surface area (Å²) in [4.78, 5) is 14.0. The third kappa shape index (κ3) is 4.87. The number of nitrogens with zero attached hydrogens (tertiary/aromatic N) is 2. The Morgan fingerprint density at radius 3 is 2.83 bits per heavy atom. The van der Waals surface area contributed by atoms with Gasteiger partial charge in [-0.05, 0) is 24.3 Å². The highest BCUT2D eigenvalue weighted by Crippen LogP contribution is 2.16. The minimum absolute atomic E-state index is 0.150. The first-order valence-corrected chi connectivity index (χ1v) is 7.15. The molecule has 120 valence electrons. The van der Waals surface area contributed by atoms with Gasteiger partial charge in [-0.2, -0.15) is 5.26 Å². The lowest BCUT2D eigenvalue weighted by Gasteiger charge is -2.21. The molecule has 1 aromatic carbocycles. The first-order valence-electron chi connectivity index (χ1n) is 7.15. The number of hydrogen-bond donors (Lipinski definition) is 0. The van der Waals surface area contributed by atoms with E-state index < -0.39 is 0 Å². The molecule has 2 aromatic rings. The van der Waals surface area contributed by atoms with E-state index in [-0.39, 0.29) is 12.5 Å². The third-order valence-electron chi connectivity index (χ3n) is 3.20. The van der Waals surface area contributed by atoms with E-state index in [4.69, 9.17) is 19.2 Å². The van der Waals surface area contributed by atoms with Crippen molar-refractivity contribution in [3.63, 3.8) is 0 Å². The number of benzene rings is 1. The molecule has 1 heterocycles. The van der Waals surface area contributed by atoms with Crippen molar-refractivity contribution < 1.29 is 18.7 Å². The Balaban J connectivity index is 1.98. The third-order valence-corrected chi connectivity index (χ3v) is 3.20. The zero-order chi connectivity index (χ0) is 16.5. The van der Waals surface area contributed by atoms with Crippen LogP contribution in [-0.4, -0.2) is 37.7 Å². The van der Waals surface area contributed by atoms with E-state index in [1.165, 1.54) is 0 Å². The smallest absolute Gasteiger partial charge is 0.260 e. The molecule has 0 unspecified atom stereocenters.